The highest BCUT2D eigenvalue weighted by Gasteiger charge is 2.02. The Kier molecular flexibility index (Phi) is 8.95. The van der Waals surface area contributed by atoms with Crippen molar-refractivity contribution >= 4 is 15.9 Å². The van der Waals surface area contributed by atoms with E-state index < -0.39 is 0 Å². The second kappa shape index (κ2) is 10.2. The predicted octanol–water partition coefficient (Wildman–Crippen LogP) is 5.00. The van der Waals surface area contributed by atoms with Gasteiger partial charge in [0.25, 0.3) is 0 Å². The van der Waals surface area contributed by atoms with Crippen LogP contribution >= 0.6 is 15.9 Å². The van der Waals surface area contributed by atoms with Gasteiger partial charge in [-0.3, -0.25) is 0 Å². The molecule has 3 heteroatoms. The van der Waals surface area contributed by atoms with Gasteiger partial charge in [-0.05, 0) is 69.5 Å². The number of hydrogen-bond acceptors (Lipinski definition) is 2. The number of unbranched alkanes of at least 4 members (excludes halogenated alkanes) is 3. The molecule has 0 unspecified atom stereocenters. The molecule has 1 aromatic carbocycles. The van der Waals surface area contributed by atoms with Crippen LogP contribution in [0.5, 0.6) is 5.75 Å². The topological polar surface area (TPSA) is 21.3 Å². The Balaban J connectivity index is 2.10. The molecule has 0 fully saturated rings. The fraction of sp³-hybridized carbons (Fsp3) is 0.647. The van der Waals surface area contributed by atoms with Crippen molar-refractivity contribution in [3.63, 3.8) is 0 Å². The molecular formula is C17H28BrNO. The summed E-state index contributed by atoms with van der Waals surface area (Å²) in [6.45, 7) is 9.53. The Bertz CT molecular complexity index is 370. The Hall–Kier alpha value is -0.540. The van der Waals surface area contributed by atoms with E-state index in [0.29, 0.717) is 0 Å². The Morgan fingerprint density at radius 3 is 2.30 bits per heavy atom. The van der Waals surface area contributed by atoms with Gasteiger partial charge < -0.3 is 10.1 Å². The molecule has 114 valence electrons. The fourth-order valence-corrected chi connectivity index (χ4v) is 2.42. The molecule has 1 aromatic rings. The lowest BCUT2D eigenvalue weighted by Gasteiger charge is -2.10. The van der Waals surface area contributed by atoms with Crippen LogP contribution in [0.2, 0.25) is 0 Å². The van der Waals surface area contributed by atoms with Crippen molar-refractivity contribution in [2.45, 2.75) is 52.9 Å². The third kappa shape index (κ3) is 6.76. The fourth-order valence-electron chi connectivity index (χ4n) is 2.19. The van der Waals surface area contributed by atoms with Gasteiger partial charge in [0.05, 0.1) is 6.61 Å². The number of rotatable bonds is 10. The lowest BCUT2D eigenvalue weighted by molar-refractivity contribution is 0.304. The van der Waals surface area contributed by atoms with Crippen LogP contribution in [-0.4, -0.2) is 19.7 Å². The van der Waals surface area contributed by atoms with E-state index in [1.165, 1.54) is 41.3 Å². The van der Waals surface area contributed by atoms with E-state index in [9.17, 15) is 0 Å². The van der Waals surface area contributed by atoms with Gasteiger partial charge in [-0.25, -0.2) is 0 Å². The highest BCUT2D eigenvalue weighted by Crippen LogP contribution is 2.26. The van der Waals surface area contributed by atoms with E-state index in [4.69, 9.17) is 4.74 Å². The van der Waals surface area contributed by atoms with Gasteiger partial charge >= 0.3 is 0 Å². The maximum Gasteiger partial charge on any atom is 0.119 e. The average Bonchev–Trinajstić information content (AvgIpc) is 2.43. The van der Waals surface area contributed by atoms with Crippen LogP contribution in [0, 0.1) is 13.8 Å². The minimum absolute atomic E-state index is 0.822. The smallest absolute Gasteiger partial charge is 0.119 e. The number of hydrogen-bond donors (Lipinski definition) is 1. The molecule has 20 heavy (non-hydrogen) atoms. The van der Waals surface area contributed by atoms with E-state index >= 15 is 0 Å². The first kappa shape index (κ1) is 17.5. The summed E-state index contributed by atoms with van der Waals surface area (Å²) in [7, 11) is 0. The van der Waals surface area contributed by atoms with Crippen molar-refractivity contribution in [2.75, 3.05) is 19.7 Å². The molecule has 0 amide bonds. The summed E-state index contributed by atoms with van der Waals surface area (Å²) < 4.78 is 7.02. The lowest BCUT2D eigenvalue weighted by atomic mass is 10.1. The van der Waals surface area contributed by atoms with Crippen molar-refractivity contribution in [2.24, 2.45) is 0 Å². The molecule has 0 saturated heterocycles. The van der Waals surface area contributed by atoms with Gasteiger partial charge in [-0.15, -0.1) is 0 Å². The Morgan fingerprint density at radius 1 is 1.00 bits per heavy atom. The predicted molar refractivity (Wildman–Crippen MR) is 90.7 cm³/mol. The normalized spacial score (nSPS) is 10.8. The molecule has 0 bridgehead atoms. The zero-order chi connectivity index (χ0) is 14.8. The summed E-state index contributed by atoms with van der Waals surface area (Å²) in [5, 5.41) is 3.43. The quantitative estimate of drug-likeness (QED) is 0.604. The monoisotopic (exact) mass is 341 g/mol. The van der Waals surface area contributed by atoms with E-state index in [-0.39, 0.29) is 0 Å². The molecule has 0 aliphatic carbocycles. The summed E-state index contributed by atoms with van der Waals surface area (Å²) >= 11 is 3.58. The number of aryl methyl sites for hydroxylation is 2. The highest BCUT2D eigenvalue weighted by atomic mass is 79.9. The molecule has 1 rings (SSSR count). The summed E-state index contributed by atoms with van der Waals surface area (Å²) in [5.41, 5.74) is 2.48. The molecule has 0 aromatic heterocycles. The van der Waals surface area contributed by atoms with Gasteiger partial charge in [0.15, 0.2) is 0 Å². The number of ether oxygens (including phenoxy) is 1. The third-order valence-corrected chi connectivity index (χ3v) is 4.60. The zero-order valence-corrected chi connectivity index (χ0v) is 14.7. The van der Waals surface area contributed by atoms with Gasteiger partial charge in [-0.2, -0.15) is 0 Å². The van der Waals surface area contributed by atoms with Gasteiger partial charge in [0, 0.05) is 4.47 Å². The summed E-state index contributed by atoms with van der Waals surface area (Å²) in [6.07, 6.45) is 6.18. The van der Waals surface area contributed by atoms with Crippen LogP contribution in [0.1, 0.15) is 50.2 Å². The summed E-state index contributed by atoms with van der Waals surface area (Å²) in [4.78, 5) is 0. The summed E-state index contributed by atoms with van der Waals surface area (Å²) in [5.74, 6) is 0.993. The van der Waals surface area contributed by atoms with Gasteiger partial charge in [0.1, 0.15) is 5.75 Å². The maximum atomic E-state index is 5.83. The Morgan fingerprint density at radius 2 is 1.65 bits per heavy atom. The molecule has 0 atom stereocenters. The highest BCUT2D eigenvalue weighted by molar-refractivity contribution is 9.10. The van der Waals surface area contributed by atoms with Crippen LogP contribution in [0.25, 0.3) is 0 Å². The second-order valence-corrected chi connectivity index (χ2v) is 6.18. The molecule has 2 nitrogen and oxygen atoms in total. The number of benzene rings is 1. The molecule has 0 spiro atoms. The van der Waals surface area contributed by atoms with Crippen LogP contribution in [-0.2, 0) is 0 Å². The summed E-state index contributed by atoms with van der Waals surface area (Å²) in [6, 6.07) is 4.21. The van der Waals surface area contributed by atoms with Gasteiger partial charge in [0.2, 0.25) is 0 Å². The minimum Gasteiger partial charge on any atom is -0.494 e. The second-order valence-electron chi connectivity index (χ2n) is 5.38. The average molecular weight is 342 g/mol. The maximum absolute atomic E-state index is 5.83. The molecule has 0 heterocycles. The molecule has 1 N–H and O–H groups in total. The molecule has 0 aliphatic heterocycles. The first-order valence-electron chi connectivity index (χ1n) is 7.75. The third-order valence-electron chi connectivity index (χ3n) is 3.35. The van der Waals surface area contributed by atoms with Crippen LogP contribution < -0.4 is 10.1 Å². The molecule has 0 radical (unpaired) electrons. The van der Waals surface area contributed by atoms with Crippen molar-refractivity contribution < 1.29 is 4.74 Å². The SMILES string of the molecule is CCCNCCCCCCOc1cc(C)c(Br)c(C)c1. The lowest BCUT2D eigenvalue weighted by Crippen LogP contribution is -2.15. The van der Waals surface area contributed by atoms with E-state index in [1.807, 2.05) is 0 Å². The van der Waals surface area contributed by atoms with Crippen molar-refractivity contribution in [1.29, 1.82) is 0 Å². The number of halogens is 1. The van der Waals surface area contributed by atoms with E-state index in [2.05, 4.69) is 54.2 Å². The van der Waals surface area contributed by atoms with Crippen LogP contribution in [0.15, 0.2) is 16.6 Å². The van der Waals surface area contributed by atoms with Crippen LogP contribution in [0.3, 0.4) is 0 Å². The Labute approximate surface area is 132 Å². The van der Waals surface area contributed by atoms with Crippen molar-refractivity contribution in [3.8, 4) is 5.75 Å². The first-order valence-corrected chi connectivity index (χ1v) is 8.54. The minimum atomic E-state index is 0.822. The molecule has 0 saturated carbocycles. The zero-order valence-electron chi connectivity index (χ0n) is 13.1. The molecular weight excluding hydrogens is 314 g/mol. The van der Waals surface area contributed by atoms with E-state index in [0.717, 1.165) is 31.9 Å². The van der Waals surface area contributed by atoms with Crippen LogP contribution in [0.4, 0.5) is 0 Å². The largest absolute Gasteiger partial charge is 0.494 e. The van der Waals surface area contributed by atoms with Crippen molar-refractivity contribution in [3.05, 3.63) is 27.7 Å². The van der Waals surface area contributed by atoms with Gasteiger partial charge in [-0.1, -0.05) is 35.7 Å². The number of nitrogens with one attached hydrogen (secondary N) is 1. The standard InChI is InChI=1S/C17H28BrNO/c1-4-9-19-10-7-5-6-8-11-20-16-12-14(2)17(18)15(3)13-16/h12-13,19H,4-11H2,1-3H3. The van der Waals surface area contributed by atoms with Crippen molar-refractivity contribution in [1.82, 2.24) is 5.32 Å². The van der Waals surface area contributed by atoms with E-state index in [1.54, 1.807) is 0 Å². The molecule has 0 aliphatic rings. The first-order chi connectivity index (χ1) is 9.65.